The third kappa shape index (κ3) is 3.68. The third-order valence-corrected chi connectivity index (χ3v) is 7.62. The molecule has 140 valence electrons. The largest absolute Gasteiger partial charge is 0.364 e. The predicted octanol–water partition coefficient (Wildman–Crippen LogP) is 1.50. The van der Waals surface area contributed by atoms with Crippen molar-refractivity contribution in [3.05, 3.63) is 24.3 Å². The first kappa shape index (κ1) is 18.0. The van der Waals surface area contributed by atoms with Crippen LogP contribution in [0.4, 0.5) is 5.69 Å². The number of hydrogen-bond donors (Lipinski definition) is 2. The van der Waals surface area contributed by atoms with Crippen LogP contribution in [0.3, 0.4) is 0 Å². The fourth-order valence-electron chi connectivity index (χ4n) is 3.57. The van der Waals surface area contributed by atoms with Gasteiger partial charge in [0.2, 0.25) is 5.91 Å². The molecule has 3 unspecified atom stereocenters. The first-order valence-corrected chi connectivity index (χ1v) is 11.0. The SMILES string of the molecule is CN1CCN(C(=O)C2CCSC2NC(=O)C2Nc3ccccc3S2)CC1. The molecule has 3 atom stereocenters. The summed E-state index contributed by atoms with van der Waals surface area (Å²) in [5.74, 6) is 0.965. The molecule has 8 heteroatoms. The number of nitrogens with one attached hydrogen (secondary N) is 2. The fraction of sp³-hybridized carbons (Fsp3) is 0.556. The van der Waals surface area contributed by atoms with E-state index in [2.05, 4.69) is 22.6 Å². The molecule has 6 nitrogen and oxygen atoms in total. The highest BCUT2D eigenvalue weighted by Gasteiger charge is 2.39. The number of thioether (sulfide) groups is 2. The zero-order valence-electron chi connectivity index (χ0n) is 14.8. The van der Waals surface area contributed by atoms with E-state index in [9.17, 15) is 9.59 Å². The molecule has 3 heterocycles. The number of benzene rings is 1. The van der Waals surface area contributed by atoms with E-state index in [-0.39, 0.29) is 28.5 Å². The molecule has 2 N–H and O–H groups in total. The van der Waals surface area contributed by atoms with Gasteiger partial charge < -0.3 is 20.4 Å². The minimum absolute atomic E-state index is 0.0400. The number of carbonyl (C=O) groups is 2. The smallest absolute Gasteiger partial charge is 0.254 e. The summed E-state index contributed by atoms with van der Waals surface area (Å²) in [6.45, 7) is 3.41. The topological polar surface area (TPSA) is 64.7 Å². The summed E-state index contributed by atoms with van der Waals surface area (Å²) in [4.78, 5) is 30.9. The Hall–Kier alpha value is -1.38. The second kappa shape index (κ2) is 7.70. The molecule has 4 rings (SSSR count). The minimum Gasteiger partial charge on any atom is -0.364 e. The number of fused-ring (bicyclic) bond motifs is 1. The van der Waals surface area contributed by atoms with E-state index in [4.69, 9.17) is 0 Å². The monoisotopic (exact) mass is 392 g/mol. The lowest BCUT2D eigenvalue weighted by molar-refractivity contribution is -0.137. The minimum atomic E-state index is -0.326. The molecule has 2 fully saturated rings. The molecular weight excluding hydrogens is 368 g/mol. The highest BCUT2D eigenvalue weighted by atomic mass is 32.2. The average Bonchev–Trinajstić information content (AvgIpc) is 3.28. The summed E-state index contributed by atoms with van der Waals surface area (Å²) >= 11 is 3.22. The molecule has 0 bridgehead atoms. The Labute approximate surface area is 162 Å². The molecule has 0 aliphatic carbocycles. The van der Waals surface area contributed by atoms with Gasteiger partial charge in [0.1, 0.15) is 0 Å². The summed E-state index contributed by atoms with van der Waals surface area (Å²) in [7, 11) is 2.08. The number of amides is 2. The Morgan fingerprint density at radius 2 is 1.96 bits per heavy atom. The van der Waals surface area contributed by atoms with Gasteiger partial charge in [-0.3, -0.25) is 9.59 Å². The molecule has 0 spiro atoms. The lowest BCUT2D eigenvalue weighted by Crippen LogP contribution is -2.52. The second-order valence-corrected chi connectivity index (χ2v) is 9.36. The van der Waals surface area contributed by atoms with Crippen molar-refractivity contribution in [2.75, 3.05) is 44.3 Å². The van der Waals surface area contributed by atoms with Crippen LogP contribution in [-0.2, 0) is 9.59 Å². The molecule has 2 saturated heterocycles. The maximum absolute atomic E-state index is 12.9. The maximum Gasteiger partial charge on any atom is 0.254 e. The van der Waals surface area contributed by atoms with Gasteiger partial charge in [0.05, 0.1) is 11.3 Å². The first-order valence-electron chi connectivity index (χ1n) is 9.03. The molecule has 0 saturated carbocycles. The average molecular weight is 393 g/mol. The number of hydrogen-bond acceptors (Lipinski definition) is 6. The fourth-order valence-corrected chi connectivity index (χ4v) is 5.92. The Morgan fingerprint density at radius 1 is 1.19 bits per heavy atom. The van der Waals surface area contributed by atoms with Crippen molar-refractivity contribution in [1.29, 1.82) is 0 Å². The van der Waals surface area contributed by atoms with Crippen LogP contribution in [0.25, 0.3) is 0 Å². The number of carbonyl (C=O) groups excluding carboxylic acids is 2. The Balaban J connectivity index is 1.35. The highest BCUT2D eigenvalue weighted by Crippen LogP contribution is 2.39. The van der Waals surface area contributed by atoms with E-state index >= 15 is 0 Å². The van der Waals surface area contributed by atoms with E-state index in [1.54, 1.807) is 11.8 Å². The van der Waals surface area contributed by atoms with Crippen LogP contribution in [0.15, 0.2) is 29.2 Å². The van der Waals surface area contributed by atoms with Crippen LogP contribution in [0.5, 0.6) is 0 Å². The molecule has 1 aromatic rings. The van der Waals surface area contributed by atoms with E-state index in [1.165, 1.54) is 11.8 Å². The van der Waals surface area contributed by atoms with Crippen LogP contribution in [-0.4, -0.2) is 71.3 Å². The van der Waals surface area contributed by atoms with Gasteiger partial charge in [0, 0.05) is 36.8 Å². The zero-order chi connectivity index (χ0) is 18.1. The van der Waals surface area contributed by atoms with Gasteiger partial charge in [-0.15, -0.1) is 11.8 Å². The van der Waals surface area contributed by atoms with Gasteiger partial charge in [0.15, 0.2) is 5.37 Å². The highest BCUT2D eigenvalue weighted by molar-refractivity contribution is 8.01. The molecule has 1 aromatic carbocycles. The van der Waals surface area contributed by atoms with Crippen LogP contribution >= 0.6 is 23.5 Å². The third-order valence-electron chi connectivity index (χ3n) is 5.16. The van der Waals surface area contributed by atoms with Gasteiger partial charge in [-0.1, -0.05) is 23.9 Å². The second-order valence-electron chi connectivity index (χ2n) is 6.96. The van der Waals surface area contributed by atoms with Crippen LogP contribution < -0.4 is 10.6 Å². The molecule has 0 aromatic heterocycles. The Morgan fingerprint density at radius 3 is 2.73 bits per heavy atom. The predicted molar refractivity (Wildman–Crippen MR) is 106 cm³/mol. The van der Waals surface area contributed by atoms with Gasteiger partial charge in [0.25, 0.3) is 5.91 Å². The van der Waals surface area contributed by atoms with E-state index in [1.807, 2.05) is 29.2 Å². The van der Waals surface area contributed by atoms with Crippen molar-refractivity contribution in [3.8, 4) is 0 Å². The zero-order valence-corrected chi connectivity index (χ0v) is 16.4. The van der Waals surface area contributed by atoms with Crippen LogP contribution in [0.2, 0.25) is 0 Å². The lowest BCUT2D eigenvalue weighted by atomic mass is 10.0. The van der Waals surface area contributed by atoms with Gasteiger partial charge in [-0.25, -0.2) is 0 Å². The Bertz CT molecular complexity index is 669. The van der Waals surface area contributed by atoms with Crippen molar-refractivity contribution >= 4 is 41.0 Å². The van der Waals surface area contributed by atoms with Crippen LogP contribution in [0, 0.1) is 5.92 Å². The van der Waals surface area contributed by atoms with Crippen molar-refractivity contribution in [1.82, 2.24) is 15.1 Å². The van der Waals surface area contributed by atoms with E-state index in [0.717, 1.165) is 48.9 Å². The summed E-state index contributed by atoms with van der Waals surface area (Å²) in [5.41, 5.74) is 1.00. The summed E-state index contributed by atoms with van der Waals surface area (Å²) < 4.78 is 0. The molecule has 3 aliphatic heterocycles. The summed E-state index contributed by atoms with van der Waals surface area (Å²) in [6.07, 6.45) is 0.840. The Kier molecular flexibility index (Phi) is 5.33. The number of nitrogens with zero attached hydrogens (tertiary/aromatic N) is 2. The van der Waals surface area contributed by atoms with E-state index < -0.39 is 0 Å². The standard InChI is InChI=1S/C18H24N4O2S2/c1-21-7-9-22(10-8-21)18(24)12-6-11-25-16(12)20-15(23)17-19-13-4-2-3-5-14(13)26-17/h2-5,12,16-17,19H,6-11H2,1H3,(H,20,23). The molecule has 2 amide bonds. The number of likely N-dealkylation sites (N-methyl/N-ethyl adjacent to an activating group) is 1. The normalized spacial score (nSPS) is 28.5. The number of piperazine rings is 1. The quantitative estimate of drug-likeness (QED) is 0.813. The van der Waals surface area contributed by atoms with Crippen molar-refractivity contribution in [2.24, 2.45) is 5.92 Å². The van der Waals surface area contributed by atoms with E-state index in [0.29, 0.717) is 0 Å². The summed E-state index contributed by atoms with van der Waals surface area (Å²) in [5, 5.41) is 5.93. The van der Waals surface area contributed by atoms with Gasteiger partial charge in [-0.2, -0.15) is 0 Å². The lowest BCUT2D eigenvalue weighted by Gasteiger charge is -2.35. The number of para-hydroxylation sites is 1. The molecular formula is C18H24N4O2S2. The molecule has 26 heavy (non-hydrogen) atoms. The van der Waals surface area contributed by atoms with Crippen molar-refractivity contribution in [2.45, 2.75) is 22.1 Å². The first-order chi connectivity index (χ1) is 12.6. The van der Waals surface area contributed by atoms with Crippen LogP contribution in [0.1, 0.15) is 6.42 Å². The van der Waals surface area contributed by atoms with Crippen molar-refractivity contribution in [3.63, 3.8) is 0 Å². The summed E-state index contributed by atoms with van der Waals surface area (Å²) in [6, 6.07) is 7.94. The van der Waals surface area contributed by atoms with Gasteiger partial charge >= 0.3 is 0 Å². The van der Waals surface area contributed by atoms with Crippen molar-refractivity contribution < 1.29 is 9.59 Å². The molecule has 3 aliphatic rings. The molecule has 0 radical (unpaired) electrons. The van der Waals surface area contributed by atoms with Gasteiger partial charge in [-0.05, 0) is 31.4 Å². The maximum atomic E-state index is 12.9. The number of rotatable bonds is 3. The number of anilines is 1.